The molecule has 8 heteroatoms. The van der Waals surface area contributed by atoms with Crippen LogP contribution in [0.4, 0.5) is 0 Å². The van der Waals surface area contributed by atoms with Gasteiger partial charge in [0.1, 0.15) is 0 Å². The highest BCUT2D eigenvalue weighted by atomic mass is 32.1. The van der Waals surface area contributed by atoms with Gasteiger partial charge in [0.15, 0.2) is 0 Å². The molecule has 0 amide bonds. The van der Waals surface area contributed by atoms with Crippen molar-refractivity contribution in [3.63, 3.8) is 0 Å². The maximum Gasteiger partial charge on any atom is 0.335 e. The molecule has 0 unspecified atom stereocenters. The summed E-state index contributed by atoms with van der Waals surface area (Å²) in [6, 6.07) is 0. The van der Waals surface area contributed by atoms with Crippen LogP contribution < -0.4 is 0 Å². The second kappa shape index (κ2) is 9.73. The van der Waals surface area contributed by atoms with Crippen LogP contribution in [0.3, 0.4) is 0 Å². The van der Waals surface area contributed by atoms with Crippen LogP contribution in [0, 0.1) is 6.92 Å². The fraction of sp³-hybridized carbons (Fsp3) is 0.467. The summed E-state index contributed by atoms with van der Waals surface area (Å²) in [7, 11) is 0. The van der Waals surface area contributed by atoms with Gasteiger partial charge in [-0.05, 0) is 13.8 Å². The second-order valence-corrected chi connectivity index (χ2v) is 5.62. The van der Waals surface area contributed by atoms with E-state index in [9.17, 15) is 14.4 Å². The van der Waals surface area contributed by atoms with E-state index in [-0.39, 0.29) is 25.0 Å². The van der Waals surface area contributed by atoms with E-state index in [0.717, 1.165) is 10.6 Å². The van der Waals surface area contributed by atoms with Crippen molar-refractivity contribution in [3.8, 4) is 0 Å². The van der Waals surface area contributed by atoms with E-state index in [1.807, 2.05) is 6.92 Å². The molecule has 0 aliphatic heterocycles. The Balaban J connectivity index is 2.10. The van der Waals surface area contributed by atoms with Crippen LogP contribution in [0.1, 0.15) is 30.3 Å². The molecule has 0 N–H and O–H groups in total. The Labute approximate surface area is 138 Å². The van der Waals surface area contributed by atoms with Crippen molar-refractivity contribution >= 4 is 29.2 Å². The molecule has 1 heterocycles. The quantitative estimate of drug-likeness (QED) is 0.385. The van der Waals surface area contributed by atoms with E-state index in [1.165, 1.54) is 18.3 Å². The Hall–Kier alpha value is -2.22. The van der Waals surface area contributed by atoms with E-state index >= 15 is 0 Å². The molecular weight excluding hydrogens is 322 g/mol. The monoisotopic (exact) mass is 341 g/mol. The summed E-state index contributed by atoms with van der Waals surface area (Å²) >= 11 is 1.51. The van der Waals surface area contributed by atoms with Gasteiger partial charge in [0.2, 0.25) is 6.79 Å². The molecule has 7 nitrogen and oxygen atoms in total. The average molecular weight is 341 g/mol. The predicted molar refractivity (Wildman–Crippen MR) is 82.6 cm³/mol. The molecule has 126 valence electrons. The van der Waals surface area contributed by atoms with Gasteiger partial charge in [-0.2, -0.15) is 0 Å². The van der Waals surface area contributed by atoms with Crippen LogP contribution in [0.15, 0.2) is 17.7 Å². The van der Waals surface area contributed by atoms with Crippen molar-refractivity contribution in [1.82, 2.24) is 4.98 Å². The number of hydrogen-bond donors (Lipinski definition) is 0. The van der Waals surface area contributed by atoms with Crippen molar-refractivity contribution in [2.45, 2.75) is 33.1 Å². The summed E-state index contributed by atoms with van der Waals surface area (Å²) in [5.41, 5.74) is 2.88. The Morgan fingerprint density at radius 3 is 2.39 bits per heavy atom. The van der Waals surface area contributed by atoms with E-state index in [4.69, 9.17) is 4.74 Å². The third-order valence-electron chi connectivity index (χ3n) is 2.73. The topological polar surface area (TPSA) is 91.8 Å². The molecule has 0 bridgehead atoms. The van der Waals surface area contributed by atoms with Crippen LogP contribution in [0.5, 0.6) is 0 Å². The number of thiazole rings is 1. The summed E-state index contributed by atoms with van der Waals surface area (Å²) in [5, 5.41) is 0. The van der Waals surface area contributed by atoms with Gasteiger partial charge >= 0.3 is 17.9 Å². The number of ether oxygens (including phenoxy) is 3. The van der Waals surface area contributed by atoms with Gasteiger partial charge in [-0.25, -0.2) is 9.78 Å². The van der Waals surface area contributed by atoms with E-state index < -0.39 is 24.7 Å². The van der Waals surface area contributed by atoms with Crippen molar-refractivity contribution in [1.29, 1.82) is 0 Å². The third-order valence-corrected chi connectivity index (χ3v) is 3.72. The third kappa shape index (κ3) is 7.55. The SMILES string of the molecule is C=C(C)C(=O)OCOC(=O)CCC(=O)OCCc1scnc1C. The molecule has 0 aliphatic carbocycles. The van der Waals surface area contributed by atoms with E-state index in [2.05, 4.69) is 21.0 Å². The molecule has 23 heavy (non-hydrogen) atoms. The molecule has 1 rings (SSSR count). The van der Waals surface area contributed by atoms with Crippen molar-refractivity contribution in [3.05, 3.63) is 28.2 Å². The number of carbonyl (C=O) groups excluding carboxylic acids is 3. The Morgan fingerprint density at radius 1 is 1.17 bits per heavy atom. The number of hydrogen-bond acceptors (Lipinski definition) is 8. The zero-order chi connectivity index (χ0) is 17.2. The zero-order valence-electron chi connectivity index (χ0n) is 13.1. The minimum Gasteiger partial charge on any atom is -0.465 e. The number of aryl methyl sites for hydroxylation is 1. The van der Waals surface area contributed by atoms with Gasteiger partial charge in [-0.1, -0.05) is 6.58 Å². The van der Waals surface area contributed by atoms with E-state index in [0.29, 0.717) is 6.42 Å². The van der Waals surface area contributed by atoms with Crippen molar-refractivity contribution in [2.75, 3.05) is 13.4 Å². The molecule has 1 aromatic heterocycles. The minimum atomic E-state index is -0.644. The minimum absolute atomic E-state index is 0.0884. The van der Waals surface area contributed by atoms with Crippen molar-refractivity contribution < 1.29 is 28.6 Å². The highest BCUT2D eigenvalue weighted by Crippen LogP contribution is 2.12. The van der Waals surface area contributed by atoms with Gasteiger partial charge in [-0.3, -0.25) is 9.59 Å². The van der Waals surface area contributed by atoms with Crippen LogP contribution in [0.2, 0.25) is 0 Å². The molecule has 0 spiro atoms. The molecule has 0 saturated heterocycles. The predicted octanol–water partition coefficient (Wildman–Crippen LogP) is 1.94. The number of rotatable bonds is 9. The Morgan fingerprint density at radius 2 is 1.83 bits per heavy atom. The largest absolute Gasteiger partial charge is 0.465 e. The summed E-state index contributed by atoms with van der Waals surface area (Å²) < 4.78 is 14.3. The normalized spacial score (nSPS) is 10.0. The molecule has 1 aromatic rings. The van der Waals surface area contributed by atoms with Gasteiger partial charge < -0.3 is 14.2 Å². The van der Waals surface area contributed by atoms with Crippen LogP contribution in [-0.2, 0) is 35.0 Å². The first-order valence-corrected chi connectivity index (χ1v) is 7.81. The average Bonchev–Trinajstić information content (AvgIpc) is 2.90. The molecule has 0 atom stereocenters. The van der Waals surface area contributed by atoms with Crippen molar-refractivity contribution in [2.24, 2.45) is 0 Å². The lowest BCUT2D eigenvalue weighted by molar-refractivity contribution is -0.166. The summed E-state index contributed by atoms with van der Waals surface area (Å²) in [6.07, 6.45) is 0.377. The number of nitrogens with zero attached hydrogens (tertiary/aromatic N) is 1. The maximum absolute atomic E-state index is 11.5. The lowest BCUT2D eigenvalue weighted by atomic mass is 10.3. The molecule has 0 radical (unpaired) electrons. The Bertz CT molecular complexity index is 580. The first kappa shape index (κ1) is 18.8. The summed E-state index contributed by atoms with van der Waals surface area (Å²) in [6.45, 7) is 6.51. The summed E-state index contributed by atoms with van der Waals surface area (Å²) in [4.78, 5) is 39.1. The fourth-order valence-electron chi connectivity index (χ4n) is 1.44. The lowest BCUT2D eigenvalue weighted by Gasteiger charge is -2.06. The molecule has 0 aliphatic rings. The van der Waals surface area contributed by atoms with Gasteiger partial charge in [0.05, 0.1) is 30.7 Å². The smallest absolute Gasteiger partial charge is 0.335 e. The van der Waals surface area contributed by atoms with Gasteiger partial charge in [0.25, 0.3) is 0 Å². The Kier molecular flexibility index (Phi) is 7.96. The number of aromatic nitrogens is 1. The lowest BCUT2D eigenvalue weighted by Crippen LogP contribution is -2.15. The second-order valence-electron chi connectivity index (χ2n) is 4.68. The fourth-order valence-corrected chi connectivity index (χ4v) is 2.21. The zero-order valence-corrected chi connectivity index (χ0v) is 13.9. The number of esters is 3. The van der Waals surface area contributed by atoms with E-state index in [1.54, 1.807) is 5.51 Å². The molecule has 0 aromatic carbocycles. The number of carbonyl (C=O) groups is 3. The van der Waals surface area contributed by atoms with Crippen LogP contribution >= 0.6 is 11.3 Å². The molecule has 0 fully saturated rings. The first-order valence-electron chi connectivity index (χ1n) is 6.93. The van der Waals surface area contributed by atoms with Crippen LogP contribution in [0.25, 0.3) is 0 Å². The standard InChI is InChI=1S/C15H19NO6S/c1-10(2)15(19)22-9-21-14(18)5-4-13(17)20-7-6-12-11(3)16-8-23-12/h8H,1,4-7,9H2,2-3H3. The van der Waals surface area contributed by atoms with Gasteiger partial charge in [-0.15, -0.1) is 11.3 Å². The summed E-state index contributed by atoms with van der Waals surface area (Å²) in [5.74, 6) is -1.77. The molecular formula is C15H19NO6S. The maximum atomic E-state index is 11.5. The highest BCUT2D eigenvalue weighted by Gasteiger charge is 2.11. The van der Waals surface area contributed by atoms with Gasteiger partial charge in [0, 0.05) is 16.9 Å². The van der Waals surface area contributed by atoms with Crippen LogP contribution in [-0.4, -0.2) is 36.3 Å². The first-order chi connectivity index (χ1) is 10.9. The molecule has 0 saturated carbocycles. The highest BCUT2D eigenvalue weighted by molar-refractivity contribution is 7.09.